The van der Waals surface area contributed by atoms with E-state index >= 15 is 0 Å². The molecule has 0 N–H and O–H groups in total. The van der Waals surface area contributed by atoms with Crippen LogP contribution in [-0.4, -0.2) is 9.12 Å². The molecule has 0 saturated heterocycles. The summed E-state index contributed by atoms with van der Waals surface area (Å²) in [5.74, 6) is 2.07. The molecule has 4 aliphatic rings. The first kappa shape index (κ1) is 25.4. The Hall–Kier alpha value is -4.79. The normalized spacial score (nSPS) is 21.0. The molecule has 4 nitrogen and oxygen atoms in total. The second-order valence-corrected chi connectivity index (χ2v) is 21.8. The third kappa shape index (κ3) is 2.79. The Kier molecular flexibility index (Phi) is 4.59. The summed E-state index contributed by atoms with van der Waals surface area (Å²) in [5, 5.41) is 2.61. The van der Waals surface area contributed by atoms with Crippen molar-refractivity contribution in [3.63, 3.8) is 0 Å². The third-order valence-electron chi connectivity index (χ3n) is 9.95. The van der Waals surface area contributed by atoms with Gasteiger partial charge in [0.15, 0.2) is 0 Å². The molecule has 2 unspecified atom stereocenters. The van der Waals surface area contributed by atoms with E-state index in [2.05, 4.69) is 163 Å². The summed E-state index contributed by atoms with van der Waals surface area (Å²) in [6, 6.07) is 47.8. The number of fused-ring (bicyclic) bond motifs is 9. The number of nitrogens with zero attached hydrogens (tertiary/aromatic N) is 3. The zero-order valence-corrected chi connectivity index (χ0v) is 28.0. The van der Waals surface area contributed by atoms with Gasteiger partial charge in [0.05, 0.1) is 0 Å². The maximum atomic E-state index is 7.16. The Labute approximate surface area is 271 Å². The van der Waals surface area contributed by atoms with Gasteiger partial charge in [0, 0.05) is 0 Å². The predicted molar refractivity (Wildman–Crippen MR) is 186 cm³/mol. The summed E-state index contributed by atoms with van der Waals surface area (Å²) in [4.78, 5) is 5.38. The van der Waals surface area contributed by atoms with Crippen LogP contribution < -0.4 is 26.4 Å². The number of aromatic nitrogens is 1. The van der Waals surface area contributed by atoms with Crippen LogP contribution in [0.5, 0.6) is 11.5 Å². The first-order valence-corrected chi connectivity index (χ1v) is 20.6. The number of hydrogen-bond donors (Lipinski definition) is 0. The molecular weight excluding hydrogens is 746 g/mol. The van der Waals surface area contributed by atoms with Gasteiger partial charge in [-0.3, -0.25) is 0 Å². The number of benzene rings is 6. The summed E-state index contributed by atoms with van der Waals surface area (Å²) in [6.45, 7) is 6.94. The van der Waals surface area contributed by atoms with E-state index in [4.69, 9.17) is 4.74 Å². The molecule has 0 fully saturated rings. The number of ether oxygens (including phenoxy) is 1. The number of para-hydroxylation sites is 5. The quantitative estimate of drug-likeness (QED) is 0.167. The zero-order valence-electron chi connectivity index (χ0n) is 25.8. The van der Waals surface area contributed by atoms with Crippen molar-refractivity contribution in [1.82, 2.24) is 4.57 Å². The summed E-state index contributed by atoms with van der Waals surface area (Å²) in [5.41, 5.74) is 10.3. The maximum absolute atomic E-state index is 7.16. The molecule has 11 rings (SSSR count). The van der Waals surface area contributed by atoms with Gasteiger partial charge >= 0.3 is 272 Å². The summed E-state index contributed by atoms with van der Waals surface area (Å²) < 4.78 is 14.2. The molecule has 5 heteroatoms. The molecule has 4 aliphatic heterocycles. The van der Waals surface area contributed by atoms with E-state index in [1.807, 2.05) is 0 Å². The Morgan fingerprint density at radius 2 is 1.28 bits per heavy atom. The number of anilines is 4. The SMILES string of the molecule is CC(C)(C)c1cc2[c]3c(c1)N1c4ccccc4N(c4ccccc4)[CH]1[Pt]31[c]3ccccc3-n3c4ccccc4c4ccc([c]1c43)O2. The van der Waals surface area contributed by atoms with Crippen LogP contribution in [-0.2, 0) is 21.5 Å². The van der Waals surface area contributed by atoms with Gasteiger partial charge in [-0.15, -0.1) is 0 Å². The van der Waals surface area contributed by atoms with E-state index < -0.39 is 16.1 Å². The van der Waals surface area contributed by atoms with Crippen LogP contribution in [0.3, 0.4) is 0 Å². The van der Waals surface area contributed by atoms with Crippen molar-refractivity contribution >= 4 is 56.4 Å². The van der Waals surface area contributed by atoms with E-state index in [0.29, 0.717) is 0 Å². The number of hydrogen-bond acceptors (Lipinski definition) is 3. The zero-order chi connectivity index (χ0) is 30.5. The molecule has 2 atom stereocenters. The van der Waals surface area contributed by atoms with E-state index in [-0.39, 0.29) is 9.97 Å². The van der Waals surface area contributed by atoms with Crippen molar-refractivity contribution in [3.05, 3.63) is 133 Å². The standard InChI is InChI=1S/C41H31N3O.Pt/c1-41(2,3)29-24-32(43-28-42(30-14-6-4-7-15-30)38-20-12-13-21-39(38)43)26-34(25-29)45-33-22-23-36-35-18-10-11-19-37(35)44(40(36)27-33)31-16-8-5-9-17-31;/h4-16,18-25,28H,1-3H3;. The summed E-state index contributed by atoms with van der Waals surface area (Å²) >= 11 is -3.61. The molecule has 0 aliphatic carbocycles. The van der Waals surface area contributed by atoms with Crippen molar-refractivity contribution in [1.29, 1.82) is 0 Å². The first-order chi connectivity index (χ1) is 22.5. The Balaban J connectivity index is 1.39. The average Bonchev–Trinajstić information content (AvgIpc) is 3.70. The van der Waals surface area contributed by atoms with Crippen LogP contribution in [0.15, 0.2) is 127 Å². The Morgan fingerprint density at radius 1 is 0.587 bits per heavy atom. The molecule has 0 amide bonds. The van der Waals surface area contributed by atoms with Gasteiger partial charge in [-0.2, -0.15) is 0 Å². The van der Waals surface area contributed by atoms with Gasteiger partial charge in [0.25, 0.3) is 0 Å². The molecule has 5 heterocycles. The van der Waals surface area contributed by atoms with Gasteiger partial charge in [-0.05, 0) is 0 Å². The average molecular weight is 777 g/mol. The topological polar surface area (TPSA) is 20.6 Å². The fourth-order valence-electron chi connectivity index (χ4n) is 8.01. The molecular formula is C41H31N3OPt. The van der Waals surface area contributed by atoms with Crippen LogP contribution in [0.4, 0.5) is 22.7 Å². The van der Waals surface area contributed by atoms with Crippen molar-refractivity contribution in [2.45, 2.75) is 30.7 Å². The Bertz CT molecular complexity index is 2480. The van der Waals surface area contributed by atoms with Gasteiger partial charge < -0.3 is 0 Å². The molecule has 1 aromatic heterocycles. The minimum absolute atomic E-state index is 0.0359. The second-order valence-electron chi connectivity index (χ2n) is 13.5. The van der Waals surface area contributed by atoms with Crippen molar-refractivity contribution < 1.29 is 20.8 Å². The second kappa shape index (κ2) is 8.32. The Morgan fingerprint density at radius 3 is 2.09 bits per heavy atom. The van der Waals surface area contributed by atoms with Gasteiger partial charge in [0.1, 0.15) is 0 Å². The molecule has 0 saturated carbocycles. The molecule has 7 aromatic rings. The van der Waals surface area contributed by atoms with Crippen LogP contribution in [0.1, 0.15) is 26.3 Å². The van der Waals surface area contributed by atoms with Crippen LogP contribution in [0, 0.1) is 0 Å². The number of rotatable bonds is 1. The van der Waals surface area contributed by atoms with Crippen molar-refractivity contribution in [3.8, 4) is 17.2 Å². The van der Waals surface area contributed by atoms with Crippen LogP contribution in [0.25, 0.3) is 27.5 Å². The molecule has 1 spiro atoms. The van der Waals surface area contributed by atoms with Gasteiger partial charge in [-0.1, -0.05) is 0 Å². The van der Waals surface area contributed by atoms with E-state index in [1.165, 1.54) is 67.7 Å². The monoisotopic (exact) mass is 776 g/mol. The van der Waals surface area contributed by atoms with E-state index in [1.54, 1.807) is 0 Å². The third-order valence-corrected chi connectivity index (χ3v) is 21.6. The molecule has 46 heavy (non-hydrogen) atoms. The summed E-state index contributed by atoms with van der Waals surface area (Å²) in [6.07, 6.45) is 0. The first-order valence-electron chi connectivity index (χ1n) is 15.9. The van der Waals surface area contributed by atoms with Crippen LogP contribution >= 0.6 is 0 Å². The molecule has 0 radical (unpaired) electrons. The van der Waals surface area contributed by atoms with Gasteiger partial charge in [-0.25, -0.2) is 0 Å². The van der Waals surface area contributed by atoms with E-state index in [0.717, 1.165) is 11.5 Å². The van der Waals surface area contributed by atoms with E-state index in [9.17, 15) is 0 Å². The predicted octanol–water partition coefficient (Wildman–Crippen LogP) is 8.52. The van der Waals surface area contributed by atoms with Crippen LogP contribution in [0.2, 0.25) is 0 Å². The minimum atomic E-state index is -3.61. The fourth-order valence-corrected chi connectivity index (χ4v) is 21.9. The van der Waals surface area contributed by atoms with Crippen molar-refractivity contribution in [2.24, 2.45) is 0 Å². The van der Waals surface area contributed by atoms with Crippen molar-refractivity contribution in [2.75, 3.05) is 9.80 Å². The fraction of sp³-hybridized carbons (Fsp3) is 0.122. The molecule has 6 aromatic carbocycles. The molecule has 0 bridgehead atoms. The summed E-state index contributed by atoms with van der Waals surface area (Å²) in [7, 11) is 0. The molecule has 226 valence electrons. The van der Waals surface area contributed by atoms with Gasteiger partial charge in [0.2, 0.25) is 0 Å².